The van der Waals surface area contributed by atoms with Crippen LogP contribution in [0.25, 0.3) is 0 Å². The summed E-state index contributed by atoms with van der Waals surface area (Å²) in [5.41, 5.74) is 2.92. The Bertz CT molecular complexity index is 325. The van der Waals surface area contributed by atoms with Gasteiger partial charge in [-0.3, -0.25) is 0 Å². The summed E-state index contributed by atoms with van der Waals surface area (Å²) in [7, 11) is 0. The lowest BCUT2D eigenvalue weighted by Gasteiger charge is -2.17. The zero-order valence-electron chi connectivity index (χ0n) is 12.7. The fourth-order valence-corrected chi connectivity index (χ4v) is 2.74. The Kier molecular flexibility index (Phi) is 7.08. The van der Waals surface area contributed by atoms with Gasteiger partial charge in [0.2, 0.25) is 0 Å². The second-order valence-corrected chi connectivity index (χ2v) is 6.17. The van der Waals surface area contributed by atoms with Crippen LogP contribution in [0.15, 0.2) is 24.3 Å². The van der Waals surface area contributed by atoms with Crippen molar-refractivity contribution in [3.8, 4) is 0 Å². The molecule has 102 valence electrons. The molecule has 1 aromatic rings. The molecule has 0 heterocycles. The van der Waals surface area contributed by atoms with Crippen molar-refractivity contribution in [1.82, 2.24) is 0 Å². The van der Waals surface area contributed by atoms with Gasteiger partial charge in [-0.15, -0.1) is 0 Å². The van der Waals surface area contributed by atoms with Crippen LogP contribution in [0.2, 0.25) is 0 Å². The highest BCUT2D eigenvalue weighted by molar-refractivity contribution is 5.22. The van der Waals surface area contributed by atoms with E-state index in [1.807, 2.05) is 0 Å². The lowest BCUT2D eigenvalue weighted by molar-refractivity contribution is 0.404. The fourth-order valence-electron chi connectivity index (χ4n) is 2.74. The van der Waals surface area contributed by atoms with E-state index in [9.17, 15) is 0 Å². The van der Waals surface area contributed by atoms with Crippen LogP contribution in [0, 0.1) is 18.8 Å². The lowest BCUT2D eigenvalue weighted by Crippen LogP contribution is -2.05. The predicted molar refractivity (Wildman–Crippen MR) is 82.0 cm³/mol. The summed E-state index contributed by atoms with van der Waals surface area (Å²) in [6, 6.07) is 9.03. The van der Waals surface area contributed by atoms with Crippen molar-refractivity contribution in [2.45, 2.75) is 66.2 Å². The zero-order valence-corrected chi connectivity index (χ0v) is 12.7. The smallest absolute Gasteiger partial charge is 0.0250 e. The number of hydrogen-bond acceptors (Lipinski definition) is 0. The molecule has 0 saturated carbocycles. The van der Waals surface area contributed by atoms with E-state index in [1.165, 1.54) is 49.7 Å². The molecule has 0 heteroatoms. The molecule has 0 fully saturated rings. The molecule has 0 aliphatic carbocycles. The van der Waals surface area contributed by atoms with E-state index in [1.54, 1.807) is 0 Å². The Balaban J connectivity index is 2.46. The highest BCUT2D eigenvalue weighted by Gasteiger charge is 2.09. The normalized spacial score (nSPS) is 12.9. The van der Waals surface area contributed by atoms with Gasteiger partial charge in [-0.05, 0) is 30.7 Å². The average Bonchev–Trinajstić information content (AvgIpc) is 2.28. The fraction of sp³-hybridized carbons (Fsp3) is 0.667. The van der Waals surface area contributed by atoms with Crippen LogP contribution in [0.1, 0.15) is 64.0 Å². The molecule has 0 amide bonds. The largest absolute Gasteiger partial charge is 0.0654 e. The summed E-state index contributed by atoms with van der Waals surface area (Å²) in [5, 5.41) is 0. The van der Waals surface area contributed by atoms with Gasteiger partial charge in [0, 0.05) is 0 Å². The maximum Gasteiger partial charge on any atom is -0.0250 e. The van der Waals surface area contributed by atoms with E-state index in [0.717, 1.165) is 11.8 Å². The highest BCUT2D eigenvalue weighted by Crippen LogP contribution is 2.22. The molecule has 0 aliphatic rings. The first-order valence-corrected chi connectivity index (χ1v) is 7.67. The molecule has 1 aromatic carbocycles. The third kappa shape index (κ3) is 6.23. The lowest BCUT2D eigenvalue weighted by atomic mass is 9.89. The van der Waals surface area contributed by atoms with Crippen LogP contribution in [0.4, 0.5) is 0 Å². The van der Waals surface area contributed by atoms with Crippen molar-refractivity contribution < 1.29 is 0 Å². The monoisotopic (exact) mass is 246 g/mol. The van der Waals surface area contributed by atoms with Crippen LogP contribution in [-0.4, -0.2) is 0 Å². The van der Waals surface area contributed by atoms with Crippen LogP contribution in [-0.2, 0) is 6.42 Å². The van der Waals surface area contributed by atoms with E-state index >= 15 is 0 Å². The van der Waals surface area contributed by atoms with E-state index < -0.39 is 0 Å². The van der Waals surface area contributed by atoms with E-state index in [0.29, 0.717) is 0 Å². The standard InChI is InChI=1S/C18H30/c1-5-8-17(11-6-9-15(2)3)14-18-12-7-10-16(4)13-18/h7,10,12-13,15,17H,5-6,8-9,11,14H2,1-4H3. The molecule has 0 bridgehead atoms. The number of hydrogen-bond donors (Lipinski definition) is 0. The maximum absolute atomic E-state index is 2.35. The topological polar surface area (TPSA) is 0 Å². The molecular weight excluding hydrogens is 216 g/mol. The summed E-state index contributed by atoms with van der Waals surface area (Å²) in [6.45, 7) is 9.16. The molecule has 0 aromatic heterocycles. The number of benzene rings is 1. The Labute approximate surface area is 114 Å². The molecule has 1 rings (SSSR count). The first-order chi connectivity index (χ1) is 8.61. The Morgan fingerprint density at radius 2 is 1.83 bits per heavy atom. The van der Waals surface area contributed by atoms with Crippen molar-refractivity contribution in [2.75, 3.05) is 0 Å². The third-order valence-corrected chi connectivity index (χ3v) is 3.70. The third-order valence-electron chi connectivity index (χ3n) is 3.70. The van der Waals surface area contributed by atoms with Crippen molar-refractivity contribution in [3.63, 3.8) is 0 Å². The van der Waals surface area contributed by atoms with Gasteiger partial charge in [-0.1, -0.05) is 82.7 Å². The van der Waals surface area contributed by atoms with Gasteiger partial charge >= 0.3 is 0 Å². The first-order valence-electron chi connectivity index (χ1n) is 7.67. The average molecular weight is 246 g/mol. The van der Waals surface area contributed by atoms with Crippen molar-refractivity contribution >= 4 is 0 Å². The molecule has 1 unspecified atom stereocenters. The molecule has 0 N–H and O–H groups in total. The molecular formula is C18H30. The maximum atomic E-state index is 2.35. The highest BCUT2D eigenvalue weighted by atomic mass is 14.1. The summed E-state index contributed by atoms with van der Waals surface area (Å²) in [6.07, 6.45) is 8.15. The minimum absolute atomic E-state index is 0.853. The van der Waals surface area contributed by atoms with Gasteiger partial charge in [-0.2, -0.15) is 0 Å². The molecule has 1 atom stereocenters. The van der Waals surface area contributed by atoms with Gasteiger partial charge in [0.15, 0.2) is 0 Å². The quantitative estimate of drug-likeness (QED) is 0.545. The van der Waals surface area contributed by atoms with E-state index in [4.69, 9.17) is 0 Å². The summed E-state index contributed by atoms with van der Waals surface area (Å²) in [4.78, 5) is 0. The molecule has 0 spiro atoms. The number of rotatable bonds is 8. The summed E-state index contributed by atoms with van der Waals surface area (Å²) >= 11 is 0. The summed E-state index contributed by atoms with van der Waals surface area (Å²) in [5.74, 6) is 1.74. The predicted octanol–water partition coefficient (Wildman–Crippen LogP) is 5.78. The zero-order chi connectivity index (χ0) is 13.4. The van der Waals surface area contributed by atoms with Gasteiger partial charge in [0.1, 0.15) is 0 Å². The molecule has 18 heavy (non-hydrogen) atoms. The molecule has 0 nitrogen and oxygen atoms in total. The van der Waals surface area contributed by atoms with Crippen LogP contribution < -0.4 is 0 Å². The first kappa shape index (κ1) is 15.3. The van der Waals surface area contributed by atoms with Crippen LogP contribution in [0.3, 0.4) is 0 Å². The second-order valence-electron chi connectivity index (χ2n) is 6.17. The minimum Gasteiger partial charge on any atom is -0.0654 e. The van der Waals surface area contributed by atoms with E-state index in [2.05, 4.69) is 52.0 Å². The Morgan fingerprint density at radius 1 is 1.06 bits per heavy atom. The molecule has 0 radical (unpaired) electrons. The van der Waals surface area contributed by atoms with Crippen molar-refractivity contribution in [3.05, 3.63) is 35.4 Å². The number of aryl methyl sites for hydroxylation is 1. The van der Waals surface area contributed by atoms with Gasteiger partial charge in [0.25, 0.3) is 0 Å². The Morgan fingerprint density at radius 3 is 2.44 bits per heavy atom. The van der Waals surface area contributed by atoms with Crippen LogP contribution in [0.5, 0.6) is 0 Å². The minimum atomic E-state index is 0.853. The van der Waals surface area contributed by atoms with Gasteiger partial charge in [-0.25, -0.2) is 0 Å². The van der Waals surface area contributed by atoms with Crippen molar-refractivity contribution in [2.24, 2.45) is 11.8 Å². The molecule has 0 saturated heterocycles. The van der Waals surface area contributed by atoms with Crippen LogP contribution >= 0.6 is 0 Å². The van der Waals surface area contributed by atoms with E-state index in [-0.39, 0.29) is 0 Å². The second kappa shape index (κ2) is 8.34. The van der Waals surface area contributed by atoms with Crippen molar-refractivity contribution in [1.29, 1.82) is 0 Å². The summed E-state index contributed by atoms with van der Waals surface area (Å²) < 4.78 is 0. The van der Waals surface area contributed by atoms with Gasteiger partial charge in [0.05, 0.1) is 0 Å². The van der Waals surface area contributed by atoms with Gasteiger partial charge < -0.3 is 0 Å². The Hall–Kier alpha value is -0.780. The molecule has 0 aliphatic heterocycles. The SMILES string of the molecule is CCCC(CCCC(C)C)Cc1cccc(C)c1.